The lowest BCUT2D eigenvalue weighted by atomic mass is 9.99. The van der Waals surface area contributed by atoms with Gasteiger partial charge < -0.3 is 130 Å². The van der Waals surface area contributed by atoms with E-state index in [2.05, 4.69) is 9.97 Å². The van der Waals surface area contributed by atoms with Gasteiger partial charge in [0.1, 0.15) is 121 Å². The fourth-order valence-electron chi connectivity index (χ4n) is 12.5. The van der Waals surface area contributed by atoms with Gasteiger partial charge in [-0.3, -0.25) is 0 Å². The van der Waals surface area contributed by atoms with Crippen LogP contribution >= 0.6 is 0 Å². The number of H-pyrrole nitrogens is 2. The molecule has 8 bridgehead atoms. The predicted octanol–water partition coefficient (Wildman–Crippen LogP) is 0.0384. The van der Waals surface area contributed by atoms with Gasteiger partial charge in [0.05, 0.1) is 49.2 Å². The average molecular weight is 1330 g/mol. The molecule has 13 rings (SSSR count). The largest absolute Gasteiger partial charge is 0.462 e. The summed E-state index contributed by atoms with van der Waals surface area (Å²) in [7, 11) is 0. The van der Waals surface area contributed by atoms with Gasteiger partial charge in [-0.2, -0.15) is 0 Å². The Morgan fingerprint density at radius 1 is 0.292 bits per heavy atom. The molecule has 506 valence electrons. The second kappa shape index (κ2) is 27.8. The van der Waals surface area contributed by atoms with E-state index in [0.717, 1.165) is 0 Å². The average Bonchev–Trinajstić information content (AvgIpc) is 1.62. The lowest BCUT2D eigenvalue weighted by Crippen LogP contribution is -2.60. The van der Waals surface area contributed by atoms with Gasteiger partial charge in [-0.05, 0) is 119 Å². The number of aromatic amines is 2. The molecule has 0 spiro atoms. The minimum Gasteiger partial charge on any atom is -0.462 e. The number of fused-ring (bicyclic) bond motifs is 8. The Kier molecular flexibility index (Phi) is 19.2. The van der Waals surface area contributed by atoms with Gasteiger partial charge >= 0.3 is 0 Å². The quantitative estimate of drug-likeness (QED) is 0.0607. The van der Waals surface area contributed by atoms with Crippen LogP contribution in [-0.2, 0) is 18.9 Å². The second-order valence-corrected chi connectivity index (χ2v) is 23.9. The zero-order chi connectivity index (χ0) is 67.4. The molecule has 0 radical (unpaired) electrons. The van der Waals surface area contributed by atoms with Gasteiger partial charge in [0, 0.05) is 44.3 Å². The topological polar surface area (TPSA) is 455 Å². The van der Waals surface area contributed by atoms with Crippen LogP contribution in [0.4, 0.5) is 0 Å². The van der Waals surface area contributed by atoms with Crippen molar-refractivity contribution in [3.8, 4) is 67.5 Å². The molecule has 6 aliphatic rings. The van der Waals surface area contributed by atoms with Crippen LogP contribution in [0.5, 0.6) is 23.0 Å². The molecule has 20 atom stereocenters. The molecule has 28 heteroatoms. The molecular weight excluding hydrogens is 1260 g/mol. The molecule has 28 nitrogen and oxygen atoms in total. The third-order valence-corrected chi connectivity index (χ3v) is 17.6. The van der Waals surface area contributed by atoms with E-state index in [9.17, 15) is 81.7 Å². The number of aliphatic hydroxyl groups excluding tert-OH is 16. The van der Waals surface area contributed by atoms with Crippen molar-refractivity contribution in [2.45, 2.75) is 123 Å². The van der Waals surface area contributed by atoms with Crippen LogP contribution < -0.4 is 18.9 Å². The van der Waals surface area contributed by atoms with Crippen LogP contribution in [0.2, 0.25) is 0 Å². The van der Waals surface area contributed by atoms with Gasteiger partial charge in [0.2, 0.25) is 25.2 Å². The molecule has 4 saturated heterocycles. The zero-order valence-corrected chi connectivity index (χ0v) is 50.5. The summed E-state index contributed by atoms with van der Waals surface area (Å²) in [5.41, 5.74) is 7.20. The molecule has 3 aromatic heterocycles. The number of hydrogen-bond acceptors (Lipinski definition) is 26. The molecule has 4 unspecified atom stereocenters. The molecule has 6 aliphatic heterocycles. The van der Waals surface area contributed by atoms with Crippen molar-refractivity contribution < 1.29 is 120 Å². The first-order valence-corrected chi connectivity index (χ1v) is 30.8. The summed E-state index contributed by atoms with van der Waals surface area (Å²) in [4.78, 5) is 17.9. The number of benzene rings is 4. The van der Waals surface area contributed by atoms with Crippen molar-refractivity contribution in [3.63, 3.8) is 0 Å². The number of nitrogens with one attached hydrogen (secondary N) is 2. The van der Waals surface area contributed by atoms with Crippen LogP contribution in [0.25, 0.3) is 90.9 Å². The SMILES string of the molecule is OC[C@H]1OC(Oc2cccc(-c3c4nc(c(-c5cccc(OC6O[C@H](CO)[C@H](O)[C@H](O)[C@H]6O)c5)c5ccc([nH]5)c(-c5cccc(OC6O[C@H](CO)[C@H](O)[C@H](O)[C@H]6O)c5)c5nc(c(-c6cccc(OC7O[C@H](CO)[C@H](O)[C@H](O)[C@H]7O)c6)c6ccc3[nH]6)C=C5)C=C4)c2)[C@H](O)[C@@H](O)[C@H]1O. The van der Waals surface area contributed by atoms with Gasteiger partial charge in [0.15, 0.2) is 0 Å². The second-order valence-electron chi connectivity index (χ2n) is 23.9. The lowest BCUT2D eigenvalue weighted by Gasteiger charge is -2.39. The van der Waals surface area contributed by atoms with Crippen molar-refractivity contribution in [1.29, 1.82) is 0 Å². The number of ether oxygens (including phenoxy) is 8. The van der Waals surface area contributed by atoms with E-state index in [1.165, 1.54) is 0 Å². The molecular formula is C68H70N4O24. The van der Waals surface area contributed by atoms with E-state index < -0.39 is 149 Å². The van der Waals surface area contributed by atoms with Crippen molar-refractivity contribution in [2.24, 2.45) is 0 Å². The van der Waals surface area contributed by atoms with Gasteiger partial charge in [0.25, 0.3) is 0 Å². The maximum absolute atomic E-state index is 11.1. The number of rotatable bonds is 16. The highest BCUT2D eigenvalue weighted by Crippen LogP contribution is 2.42. The van der Waals surface area contributed by atoms with Crippen molar-refractivity contribution in [2.75, 3.05) is 26.4 Å². The van der Waals surface area contributed by atoms with Crippen molar-refractivity contribution >= 4 is 46.4 Å². The van der Waals surface area contributed by atoms with Gasteiger partial charge in [-0.15, -0.1) is 0 Å². The maximum Gasteiger partial charge on any atom is 0.229 e. The highest BCUT2D eigenvalue weighted by Gasteiger charge is 2.48. The highest BCUT2D eigenvalue weighted by molar-refractivity contribution is 6.00. The Morgan fingerprint density at radius 3 is 0.719 bits per heavy atom. The molecule has 4 aromatic carbocycles. The summed E-state index contributed by atoms with van der Waals surface area (Å²) >= 11 is 0. The van der Waals surface area contributed by atoms with E-state index in [4.69, 9.17) is 47.9 Å². The third kappa shape index (κ3) is 12.8. The minimum atomic E-state index is -1.74. The lowest BCUT2D eigenvalue weighted by molar-refractivity contribution is -0.277. The summed E-state index contributed by atoms with van der Waals surface area (Å²) < 4.78 is 47.6. The Balaban J connectivity index is 1.03. The summed E-state index contributed by atoms with van der Waals surface area (Å²) in [6, 6.07) is 33.9. The Bertz CT molecular complexity index is 3680. The molecule has 96 heavy (non-hydrogen) atoms. The summed E-state index contributed by atoms with van der Waals surface area (Å²) in [5, 5.41) is 169. The number of aliphatic hydroxyl groups is 16. The first kappa shape index (κ1) is 66.5. The first-order valence-electron chi connectivity index (χ1n) is 30.8. The Hall–Kier alpha value is -8.12. The van der Waals surface area contributed by atoms with Gasteiger partial charge in [-0.1, -0.05) is 48.5 Å². The Labute approximate surface area is 544 Å². The fourth-order valence-corrected chi connectivity index (χ4v) is 12.5. The summed E-state index contributed by atoms with van der Waals surface area (Å²) in [6.45, 7) is -2.79. The van der Waals surface area contributed by atoms with Crippen LogP contribution in [0.15, 0.2) is 121 Å². The maximum atomic E-state index is 11.1. The zero-order valence-electron chi connectivity index (χ0n) is 50.5. The normalized spacial score (nSPS) is 31.2. The number of nitrogens with zero attached hydrogens (tertiary/aromatic N) is 2. The molecule has 0 amide bonds. The van der Waals surface area contributed by atoms with Crippen LogP contribution in [0.1, 0.15) is 22.8 Å². The highest BCUT2D eigenvalue weighted by atomic mass is 16.7. The summed E-state index contributed by atoms with van der Waals surface area (Å²) in [6.07, 6.45) is -24.7. The van der Waals surface area contributed by atoms with E-state index >= 15 is 0 Å². The third-order valence-electron chi connectivity index (χ3n) is 17.6. The first-order chi connectivity index (χ1) is 46.3. The molecule has 18 N–H and O–H groups in total. The van der Waals surface area contributed by atoms with Crippen LogP contribution in [0.3, 0.4) is 0 Å². The van der Waals surface area contributed by atoms with Gasteiger partial charge in [-0.25, -0.2) is 9.97 Å². The fraction of sp³-hybridized carbons (Fsp3) is 0.353. The monoisotopic (exact) mass is 1330 g/mol. The molecule has 0 aliphatic carbocycles. The number of hydrogen-bond donors (Lipinski definition) is 18. The molecule has 4 fully saturated rings. The standard InChI is InChI=1S/C68H70N4O24/c73-25-45-53(77)57(81)61(85)65(93-45)89-33-9-1-5-29(21-33)49-37-13-15-39(69-37)50(30-6-2-10-34(22-30)90-66-62(86)58(82)54(78)46(26-74)94-66)41-17-19-43(71-41)52(32-8-4-12-36(24-32)92-68-64(88)60(84)56(80)48(28-76)96-68)44-20-18-42(72-44)51(40-16-14-38(49)70-40)31-7-3-11-35(23-31)91-67-63(87)59(83)55(79)47(27-75)95-67/h1-24,45-48,53-69,72-88H,25-28H2/t45-,46-,47-,48-,53+,54+,55+,56+,57+,58+,59+,60+,61-,62-,63-,64-,65?,66?,67?,68?/m1/s1. The number of aromatic nitrogens is 4. The molecule has 7 aromatic rings. The molecule has 0 saturated carbocycles. The molecule has 9 heterocycles. The minimum absolute atomic E-state index is 0.132. The van der Waals surface area contributed by atoms with Crippen LogP contribution in [-0.4, -0.2) is 251 Å². The van der Waals surface area contributed by atoms with E-state index in [1.807, 2.05) is 0 Å². The van der Waals surface area contributed by atoms with E-state index in [0.29, 0.717) is 89.4 Å². The van der Waals surface area contributed by atoms with Crippen LogP contribution in [0, 0.1) is 0 Å². The van der Waals surface area contributed by atoms with E-state index in [-0.39, 0.29) is 23.0 Å². The smallest absolute Gasteiger partial charge is 0.229 e. The van der Waals surface area contributed by atoms with E-state index in [1.54, 1.807) is 146 Å². The van der Waals surface area contributed by atoms with Crippen molar-refractivity contribution in [3.05, 3.63) is 144 Å². The van der Waals surface area contributed by atoms with Crippen molar-refractivity contribution in [1.82, 2.24) is 19.9 Å². The summed E-state index contributed by atoms with van der Waals surface area (Å²) in [5.74, 6) is 0.528. The Morgan fingerprint density at radius 2 is 0.510 bits per heavy atom. The predicted molar refractivity (Wildman–Crippen MR) is 338 cm³/mol.